The highest BCUT2D eigenvalue weighted by Crippen LogP contribution is 2.48. The van der Waals surface area contributed by atoms with Gasteiger partial charge in [-0.1, -0.05) is 18.2 Å². The van der Waals surface area contributed by atoms with Gasteiger partial charge in [0, 0.05) is 19.3 Å². The van der Waals surface area contributed by atoms with Crippen LogP contribution >= 0.6 is 19.2 Å². The number of hydrogen-bond donors (Lipinski definition) is 0. The van der Waals surface area contributed by atoms with E-state index in [1.807, 2.05) is 0 Å². The van der Waals surface area contributed by atoms with Crippen molar-refractivity contribution in [2.75, 3.05) is 20.4 Å². The summed E-state index contributed by atoms with van der Waals surface area (Å²) in [7, 11) is -0.349. The maximum absolute atomic E-state index is 11.2. The van der Waals surface area contributed by atoms with Crippen LogP contribution in [0.25, 0.3) is 0 Å². The van der Waals surface area contributed by atoms with Gasteiger partial charge < -0.3 is 9.05 Å². The van der Waals surface area contributed by atoms with Crippen molar-refractivity contribution >= 4 is 19.2 Å². The fraction of sp³-hybridized carbons (Fsp3) is 0.600. The number of allylic oxidation sites excluding steroid dienone is 1. The molecule has 0 aromatic rings. The molecule has 0 aromatic carbocycles. The molecule has 0 saturated heterocycles. The summed E-state index contributed by atoms with van der Waals surface area (Å²) in [4.78, 5) is 0. The first kappa shape index (κ1) is 10.2. The van der Waals surface area contributed by atoms with Crippen molar-refractivity contribution in [3.8, 4) is 0 Å². The summed E-state index contributed by atoms with van der Waals surface area (Å²) in [6, 6.07) is 0. The van der Waals surface area contributed by atoms with Gasteiger partial charge >= 0.3 is 7.60 Å². The van der Waals surface area contributed by atoms with Crippen LogP contribution < -0.4 is 0 Å². The molecule has 10 heavy (non-hydrogen) atoms. The van der Waals surface area contributed by atoms with Gasteiger partial charge in [0.15, 0.2) is 0 Å². The maximum atomic E-state index is 11.2. The molecule has 0 bridgehead atoms. The van der Waals surface area contributed by atoms with E-state index in [0.717, 1.165) is 0 Å². The summed E-state index contributed by atoms with van der Waals surface area (Å²) in [6.07, 6.45) is 0.0571. The largest absolute Gasteiger partial charge is 0.335 e. The monoisotopic (exact) mass is 184 g/mol. The lowest BCUT2D eigenvalue weighted by Crippen LogP contribution is -1.93. The summed E-state index contributed by atoms with van der Waals surface area (Å²) < 4.78 is 20.3. The van der Waals surface area contributed by atoms with Crippen LogP contribution in [0.5, 0.6) is 0 Å². The second kappa shape index (κ2) is 4.14. The predicted octanol–water partition coefficient (Wildman–Crippen LogP) is 2.22. The molecule has 0 heterocycles. The van der Waals surface area contributed by atoms with E-state index < -0.39 is 7.60 Å². The molecule has 0 aliphatic heterocycles. The zero-order valence-corrected chi connectivity index (χ0v) is 7.61. The van der Waals surface area contributed by atoms with Crippen molar-refractivity contribution < 1.29 is 13.6 Å². The number of rotatable bonds is 4. The van der Waals surface area contributed by atoms with Crippen LogP contribution in [-0.2, 0) is 13.6 Å². The first-order valence-corrected chi connectivity index (χ1v) is 4.68. The van der Waals surface area contributed by atoms with Gasteiger partial charge in [0.1, 0.15) is 0 Å². The fourth-order valence-corrected chi connectivity index (χ4v) is 1.68. The van der Waals surface area contributed by atoms with Gasteiger partial charge in [-0.15, -0.1) is 0 Å². The van der Waals surface area contributed by atoms with Crippen LogP contribution in [0.2, 0.25) is 0 Å². The van der Waals surface area contributed by atoms with E-state index in [2.05, 4.69) is 15.6 Å². The summed E-state index contributed by atoms with van der Waals surface area (Å²) in [5, 5.41) is 0.270. The molecular formula is C5H10ClO3P. The molecule has 0 fully saturated rings. The van der Waals surface area contributed by atoms with Crippen LogP contribution in [0.15, 0.2) is 11.6 Å². The lowest BCUT2D eigenvalue weighted by Gasteiger charge is -2.11. The zero-order valence-electron chi connectivity index (χ0n) is 5.96. The second-order valence-corrected chi connectivity index (χ2v) is 4.45. The molecule has 0 atom stereocenters. The fourth-order valence-electron chi connectivity index (χ4n) is 0.414. The van der Waals surface area contributed by atoms with E-state index in [1.165, 1.54) is 14.2 Å². The third kappa shape index (κ3) is 3.37. The van der Waals surface area contributed by atoms with Crippen LogP contribution in [0.3, 0.4) is 0 Å². The predicted molar refractivity (Wildman–Crippen MR) is 41.5 cm³/mol. The highest BCUT2D eigenvalue weighted by Gasteiger charge is 2.20. The molecule has 0 spiro atoms. The van der Waals surface area contributed by atoms with Gasteiger partial charge in [0.25, 0.3) is 0 Å². The zero-order chi connectivity index (χ0) is 8.20. The van der Waals surface area contributed by atoms with Crippen molar-refractivity contribution in [1.82, 2.24) is 0 Å². The Morgan fingerprint density at radius 2 is 2.00 bits per heavy atom. The normalized spacial score (nSPS) is 11.5. The Balaban J connectivity index is 4.07. The smallest absolute Gasteiger partial charge is 0.312 e. The maximum Gasteiger partial charge on any atom is 0.335 e. The molecule has 3 nitrogen and oxygen atoms in total. The third-order valence-corrected chi connectivity index (χ3v) is 3.12. The first-order valence-electron chi connectivity index (χ1n) is 2.58. The van der Waals surface area contributed by atoms with E-state index in [4.69, 9.17) is 11.6 Å². The molecule has 60 valence electrons. The Hall–Kier alpha value is 0.180. The Kier molecular flexibility index (Phi) is 4.22. The molecular weight excluding hydrogens is 174 g/mol. The SMILES string of the molecule is C=C(Cl)CP(=O)(OC)OC. The summed E-state index contributed by atoms with van der Waals surface area (Å²) in [6.45, 7) is 3.37. The van der Waals surface area contributed by atoms with Crippen molar-refractivity contribution in [3.63, 3.8) is 0 Å². The first-order chi connectivity index (χ1) is 4.54. The van der Waals surface area contributed by atoms with Gasteiger partial charge in [-0.25, -0.2) is 0 Å². The van der Waals surface area contributed by atoms with Crippen LogP contribution in [0, 0.1) is 0 Å². The minimum Gasteiger partial charge on any atom is -0.312 e. The lowest BCUT2D eigenvalue weighted by molar-refractivity contribution is 0.278. The molecule has 0 aromatic heterocycles. The minimum atomic E-state index is -2.97. The van der Waals surface area contributed by atoms with Gasteiger partial charge in [-0.3, -0.25) is 4.57 Å². The van der Waals surface area contributed by atoms with Crippen molar-refractivity contribution in [2.45, 2.75) is 0 Å². The molecule has 0 N–H and O–H groups in total. The van der Waals surface area contributed by atoms with Crippen LogP contribution in [-0.4, -0.2) is 20.4 Å². The van der Waals surface area contributed by atoms with Crippen molar-refractivity contribution in [2.24, 2.45) is 0 Å². The molecule has 0 rings (SSSR count). The molecule has 0 unspecified atom stereocenters. The Bertz CT molecular complexity index is 160. The molecule has 0 aliphatic carbocycles. The third-order valence-electron chi connectivity index (χ3n) is 0.922. The Morgan fingerprint density at radius 1 is 1.60 bits per heavy atom. The second-order valence-electron chi connectivity index (χ2n) is 1.65. The molecule has 0 amide bonds. The van der Waals surface area contributed by atoms with Crippen LogP contribution in [0.1, 0.15) is 0 Å². The summed E-state index contributed by atoms with van der Waals surface area (Å²) in [5.41, 5.74) is 0. The Morgan fingerprint density at radius 3 is 2.10 bits per heavy atom. The average molecular weight is 185 g/mol. The lowest BCUT2D eigenvalue weighted by atomic mass is 10.7. The minimum absolute atomic E-state index is 0.0571. The standard InChI is InChI=1S/C5H10ClO3P/c1-5(6)4-10(7,8-2)9-3/h1,4H2,2-3H3. The molecule has 0 radical (unpaired) electrons. The number of hydrogen-bond acceptors (Lipinski definition) is 3. The quantitative estimate of drug-likeness (QED) is 0.629. The van der Waals surface area contributed by atoms with Gasteiger partial charge in [0.05, 0.1) is 6.16 Å². The van der Waals surface area contributed by atoms with E-state index >= 15 is 0 Å². The molecule has 5 heteroatoms. The summed E-state index contributed by atoms with van der Waals surface area (Å²) in [5.74, 6) is 0. The Labute approximate surface area is 65.5 Å². The van der Waals surface area contributed by atoms with E-state index in [9.17, 15) is 4.57 Å². The summed E-state index contributed by atoms with van der Waals surface area (Å²) >= 11 is 5.39. The number of halogens is 1. The molecule has 0 saturated carbocycles. The average Bonchev–Trinajstić information content (AvgIpc) is 1.87. The highest BCUT2D eigenvalue weighted by molar-refractivity contribution is 7.54. The van der Waals surface area contributed by atoms with Crippen molar-refractivity contribution in [3.05, 3.63) is 11.6 Å². The van der Waals surface area contributed by atoms with Crippen molar-refractivity contribution in [1.29, 1.82) is 0 Å². The molecule has 0 aliphatic rings. The van der Waals surface area contributed by atoms with E-state index in [0.29, 0.717) is 0 Å². The van der Waals surface area contributed by atoms with Gasteiger partial charge in [-0.05, 0) is 0 Å². The topological polar surface area (TPSA) is 35.5 Å². The highest BCUT2D eigenvalue weighted by atomic mass is 35.5. The van der Waals surface area contributed by atoms with Gasteiger partial charge in [0.2, 0.25) is 0 Å². The van der Waals surface area contributed by atoms with E-state index in [1.54, 1.807) is 0 Å². The van der Waals surface area contributed by atoms with Gasteiger partial charge in [-0.2, -0.15) is 0 Å². The van der Waals surface area contributed by atoms with E-state index in [-0.39, 0.29) is 11.2 Å². The van der Waals surface area contributed by atoms with Crippen LogP contribution in [0.4, 0.5) is 0 Å².